The summed E-state index contributed by atoms with van der Waals surface area (Å²) in [5, 5.41) is 13.4. The van der Waals surface area contributed by atoms with E-state index in [-0.39, 0.29) is 11.6 Å². The molecule has 0 radical (unpaired) electrons. The van der Waals surface area contributed by atoms with Gasteiger partial charge in [0.2, 0.25) is 5.91 Å². The first kappa shape index (κ1) is 18.0. The minimum absolute atomic E-state index is 0.0539. The largest absolute Gasteiger partial charge is 0.497 e. The van der Waals surface area contributed by atoms with Crippen LogP contribution in [0.1, 0.15) is 40.2 Å². The first-order chi connectivity index (χ1) is 12.5. The fourth-order valence-electron chi connectivity index (χ4n) is 3.37. The van der Waals surface area contributed by atoms with E-state index >= 15 is 0 Å². The second-order valence-electron chi connectivity index (χ2n) is 6.47. The molecule has 2 heterocycles. The van der Waals surface area contributed by atoms with Crippen molar-refractivity contribution in [2.75, 3.05) is 13.7 Å². The number of aromatic nitrogens is 2. The molecule has 0 bridgehead atoms. The Morgan fingerprint density at radius 3 is 2.65 bits per heavy atom. The lowest BCUT2D eigenvalue weighted by Gasteiger charge is -2.27. The van der Waals surface area contributed by atoms with Gasteiger partial charge < -0.3 is 14.7 Å². The van der Waals surface area contributed by atoms with Crippen molar-refractivity contribution in [1.29, 1.82) is 0 Å². The minimum Gasteiger partial charge on any atom is -0.497 e. The topological polar surface area (TPSA) is 84.7 Å². The Labute approximate surface area is 152 Å². The van der Waals surface area contributed by atoms with E-state index in [1.807, 2.05) is 24.3 Å². The van der Waals surface area contributed by atoms with Crippen LogP contribution in [-0.4, -0.2) is 45.3 Å². The second-order valence-corrected chi connectivity index (χ2v) is 6.47. The molecule has 7 heteroatoms. The third-order valence-electron chi connectivity index (χ3n) is 4.81. The van der Waals surface area contributed by atoms with Gasteiger partial charge in [-0.3, -0.25) is 9.48 Å². The minimum atomic E-state index is -1.05. The standard InChI is InChI=1S/C19H23N3O4/c1-21-16-10-11-22(12-15(16)18(20-21)19(24)25)17(23)5-3-4-13-6-8-14(26-2)9-7-13/h6-9H,3-5,10-12H2,1-2H3,(H,24,25). The maximum Gasteiger partial charge on any atom is 0.356 e. The summed E-state index contributed by atoms with van der Waals surface area (Å²) in [6.45, 7) is 0.930. The summed E-state index contributed by atoms with van der Waals surface area (Å²) in [6, 6.07) is 7.84. The maximum absolute atomic E-state index is 12.5. The van der Waals surface area contributed by atoms with Crippen LogP contribution >= 0.6 is 0 Å². The molecule has 0 atom stereocenters. The number of nitrogens with zero attached hydrogens (tertiary/aromatic N) is 3. The Balaban J connectivity index is 1.56. The fourth-order valence-corrected chi connectivity index (χ4v) is 3.37. The number of rotatable bonds is 6. The first-order valence-corrected chi connectivity index (χ1v) is 8.68. The van der Waals surface area contributed by atoms with Crippen molar-refractivity contribution >= 4 is 11.9 Å². The summed E-state index contributed by atoms with van der Waals surface area (Å²) in [4.78, 5) is 25.6. The zero-order valence-electron chi connectivity index (χ0n) is 15.1. The van der Waals surface area contributed by atoms with Crippen LogP contribution in [0.5, 0.6) is 5.75 Å². The van der Waals surface area contributed by atoms with Gasteiger partial charge in [0.1, 0.15) is 5.75 Å². The average molecular weight is 357 g/mol. The smallest absolute Gasteiger partial charge is 0.356 e. The van der Waals surface area contributed by atoms with Gasteiger partial charge in [0, 0.05) is 44.2 Å². The SMILES string of the molecule is COc1ccc(CCCC(=O)N2CCc3c(c(C(=O)O)nn3C)C2)cc1. The molecule has 0 fully saturated rings. The zero-order chi connectivity index (χ0) is 18.7. The molecule has 1 aromatic heterocycles. The number of amides is 1. The van der Waals surface area contributed by atoms with Crippen molar-refractivity contribution in [2.24, 2.45) is 7.05 Å². The first-order valence-electron chi connectivity index (χ1n) is 8.68. The Morgan fingerprint density at radius 2 is 2.00 bits per heavy atom. The van der Waals surface area contributed by atoms with E-state index in [0.29, 0.717) is 31.5 Å². The molecule has 1 aliphatic heterocycles. The highest BCUT2D eigenvalue weighted by Gasteiger charge is 2.28. The van der Waals surface area contributed by atoms with Crippen molar-refractivity contribution < 1.29 is 19.4 Å². The molecule has 1 aliphatic rings. The number of carboxylic acids is 1. The average Bonchev–Trinajstić information content (AvgIpc) is 2.98. The summed E-state index contributed by atoms with van der Waals surface area (Å²) in [5.41, 5.74) is 2.79. The molecule has 2 aromatic rings. The van der Waals surface area contributed by atoms with Crippen molar-refractivity contribution in [3.63, 3.8) is 0 Å². The molecule has 0 saturated carbocycles. The molecule has 138 valence electrons. The summed E-state index contributed by atoms with van der Waals surface area (Å²) >= 11 is 0. The van der Waals surface area contributed by atoms with E-state index in [2.05, 4.69) is 5.10 Å². The van der Waals surface area contributed by atoms with E-state index in [4.69, 9.17) is 4.74 Å². The molecular formula is C19H23N3O4. The maximum atomic E-state index is 12.5. The molecule has 1 N–H and O–H groups in total. The molecule has 0 spiro atoms. The molecule has 1 aromatic carbocycles. The fraction of sp³-hybridized carbons (Fsp3) is 0.421. The molecule has 0 aliphatic carbocycles. The third-order valence-corrected chi connectivity index (χ3v) is 4.81. The predicted octanol–water partition coefficient (Wildman–Crippen LogP) is 2.03. The Morgan fingerprint density at radius 1 is 1.27 bits per heavy atom. The number of ether oxygens (including phenoxy) is 1. The predicted molar refractivity (Wildman–Crippen MR) is 95.2 cm³/mol. The normalized spacial score (nSPS) is 13.4. The van der Waals surface area contributed by atoms with E-state index in [1.54, 1.807) is 23.7 Å². The highest BCUT2D eigenvalue weighted by Crippen LogP contribution is 2.23. The zero-order valence-corrected chi connectivity index (χ0v) is 15.1. The van der Waals surface area contributed by atoms with Crippen LogP contribution < -0.4 is 4.74 Å². The van der Waals surface area contributed by atoms with E-state index < -0.39 is 5.97 Å². The lowest BCUT2D eigenvalue weighted by Crippen LogP contribution is -2.36. The van der Waals surface area contributed by atoms with Crippen LogP contribution in [-0.2, 0) is 31.2 Å². The van der Waals surface area contributed by atoms with Crippen LogP contribution in [0.2, 0.25) is 0 Å². The number of methoxy groups -OCH3 is 1. The van der Waals surface area contributed by atoms with Gasteiger partial charge in [-0.05, 0) is 30.5 Å². The summed E-state index contributed by atoms with van der Waals surface area (Å²) < 4.78 is 6.75. The lowest BCUT2D eigenvalue weighted by atomic mass is 10.0. The van der Waals surface area contributed by atoms with Gasteiger partial charge in [0.25, 0.3) is 0 Å². The molecule has 0 unspecified atom stereocenters. The van der Waals surface area contributed by atoms with Crippen LogP contribution in [0.3, 0.4) is 0 Å². The highest BCUT2D eigenvalue weighted by atomic mass is 16.5. The van der Waals surface area contributed by atoms with E-state index in [0.717, 1.165) is 24.3 Å². The Hall–Kier alpha value is -2.83. The van der Waals surface area contributed by atoms with E-state index in [1.165, 1.54) is 5.56 Å². The van der Waals surface area contributed by atoms with Crippen LogP contribution in [0.15, 0.2) is 24.3 Å². The van der Waals surface area contributed by atoms with Gasteiger partial charge in [-0.1, -0.05) is 12.1 Å². The quantitative estimate of drug-likeness (QED) is 0.855. The number of benzene rings is 1. The number of carbonyl (C=O) groups is 2. The lowest BCUT2D eigenvalue weighted by molar-refractivity contribution is -0.132. The van der Waals surface area contributed by atoms with Gasteiger partial charge in [-0.15, -0.1) is 0 Å². The number of carboxylic acid groups (broad SMARTS) is 1. The van der Waals surface area contributed by atoms with Gasteiger partial charge in [-0.2, -0.15) is 5.10 Å². The summed E-state index contributed by atoms with van der Waals surface area (Å²) in [6.07, 6.45) is 2.66. The molecule has 26 heavy (non-hydrogen) atoms. The second kappa shape index (κ2) is 7.59. The Kier molecular flexibility index (Phi) is 5.25. The summed E-state index contributed by atoms with van der Waals surface area (Å²) in [5.74, 6) is -0.167. The highest BCUT2D eigenvalue weighted by molar-refractivity contribution is 5.88. The van der Waals surface area contributed by atoms with Crippen LogP contribution in [0.25, 0.3) is 0 Å². The van der Waals surface area contributed by atoms with Crippen molar-refractivity contribution in [2.45, 2.75) is 32.2 Å². The molecule has 3 rings (SSSR count). The molecule has 7 nitrogen and oxygen atoms in total. The van der Waals surface area contributed by atoms with Crippen molar-refractivity contribution in [3.05, 3.63) is 46.8 Å². The van der Waals surface area contributed by atoms with E-state index in [9.17, 15) is 14.7 Å². The number of hydrogen-bond donors (Lipinski definition) is 1. The summed E-state index contributed by atoms with van der Waals surface area (Å²) in [7, 11) is 3.38. The molecule has 0 saturated heterocycles. The Bertz CT molecular complexity index is 811. The molecule has 1 amide bonds. The van der Waals surface area contributed by atoms with Gasteiger partial charge in [-0.25, -0.2) is 4.79 Å². The van der Waals surface area contributed by atoms with Crippen molar-refractivity contribution in [3.8, 4) is 5.75 Å². The monoisotopic (exact) mass is 357 g/mol. The number of aromatic carboxylic acids is 1. The number of carbonyl (C=O) groups excluding carboxylic acids is 1. The third kappa shape index (κ3) is 3.71. The van der Waals surface area contributed by atoms with Crippen LogP contribution in [0, 0.1) is 0 Å². The van der Waals surface area contributed by atoms with Gasteiger partial charge in [0.05, 0.1) is 7.11 Å². The number of aryl methyl sites for hydroxylation is 2. The van der Waals surface area contributed by atoms with Gasteiger partial charge >= 0.3 is 5.97 Å². The number of fused-ring (bicyclic) bond motifs is 1. The number of hydrogen-bond acceptors (Lipinski definition) is 4. The van der Waals surface area contributed by atoms with Crippen molar-refractivity contribution in [1.82, 2.24) is 14.7 Å². The van der Waals surface area contributed by atoms with Gasteiger partial charge in [0.15, 0.2) is 5.69 Å². The molecular weight excluding hydrogens is 334 g/mol. The van der Waals surface area contributed by atoms with Crippen LogP contribution in [0.4, 0.5) is 0 Å².